The summed E-state index contributed by atoms with van der Waals surface area (Å²) in [5.41, 5.74) is 0.289. The first-order valence-electron chi connectivity index (χ1n) is 6.28. The lowest BCUT2D eigenvalue weighted by Gasteiger charge is -2.30. The molecule has 0 aliphatic carbocycles. The van der Waals surface area contributed by atoms with Crippen LogP contribution in [0, 0.1) is 0 Å². The fourth-order valence-corrected chi connectivity index (χ4v) is 2.79. The second kappa shape index (κ2) is 5.66. The minimum Gasteiger partial charge on any atom is -0.479 e. The van der Waals surface area contributed by atoms with E-state index in [4.69, 9.17) is 14.3 Å². The highest BCUT2D eigenvalue weighted by atomic mass is 32.1. The molecule has 0 aromatic carbocycles. The fourth-order valence-electron chi connectivity index (χ4n) is 2.03. The number of nitrogens with zero attached hydrogens (tertiary/aromatic N) is 2. The quantitative estimate of drug-likeness (QED) is 0.919. The van der Waals surface area contributed by atoms with Crippen molar-refractivity contribution in [3.05, 3.63) is 29.5 Å². The Labute approximate surface area is 123 Å². The second-order valence-corrected chi connectivity index (χ2v) is 5.32. The lowest BCUT2D eigenvalue weighted by molar-refractivity contribution is -0.154. The maximum atomic E-state index is 12.3. The molecule has 8 heteroatoms. The van der Waals surface area contributed by atoms with Crippen LogP contribution in [-0.2, 0) is 9.53 Å². The standard InChI is InChI=1S/C13H12N2O5S/c16-12(15-3-5-20-10(6-15)13(17)18)8-7-21-11(14-8)9-2-1-4-19-9/h1-2,4,7,10H,3,5-6H2,(H,17,18)/t10-/m0/s1. The van der Waals surface area contributed by atoms with E-state index in [0.29, 0.717) is 17.3 Å². The molecule has 110 valence electrons. The summed E-state index contributed by atoms with van der Waals surface area (Å²) in [6, 6.07) is 3.51. The number of rotatable bonds is 3. The van der Waals surface area contributed by atoms with Gasteiger partial charge >= 0.3 is 5.97 Å². The summed E-state index contributed by atoms with van der Waals surface area (Å²) < 4.78 is 10.3. The van der Waals surface area contributed by atoms with Gasteiger partial charge in [0.15, 0.2) is 16.9 Å². The van der Waals surface area contributed by atoms with Crippen LogP contribution in [0.2, 0.25) is 0 Å². The minimum atomic E-state index is -1.07. The van der Waals surface area contributed by atoms with E-state index in [9.17, 15) is 9.59 Å². The molecule has 0 unspecified atom stereocenters. The number of hydrogen-bond acceptors (Lipinski definition) is 6. The Morgan fingerprint density at radius 2 is 2.33 bits per heavy atom. The van der Waals surface area contributed by atoms with Crippen LogP contribution in [0.4, 0.5) is 0 Å². The Morgan fingerprint density at radius 1 is 1.48 bits per heavy atom. The second-order valence-electron chi connectivity index (χ2n) is 4.46. The molecule has 1 aliphatic heterocycles. The fraction of sp³-hybridized carbons (Fsp3) is 0.308. The van der Waals surface area contributed by atoms with Crippen LogP contribution in [0.5, 0.6) is 0 Å². The summed E-state index contributed by atoms with van der Waals surface area (Å²) >= 11 is 1.31. The van der Waals surface area contributed by atoms with E-state index in [1.54, 1.807) is 17.5 Å². The molecule has 2 aromatic rings. The highest BCUT2D eigenvalue weighted by Crippen LogP contribution is 2.24. The molecule has 1 atom stereocenters. The van der Waals surface area contributed by atoms with Gasteiger partial charge in [-0.1, -0.05) is 0 Å². The Hall–Kier alpha value is -2.19. The zero-order valence-electron chi connectivity index (χ0n) is 10.9. The van der Waals surface area contributed by atoms with Gasteiger partial charge in [0, 0.05) is 11.9 Å². The van der Waals surface area contributed by atoms with Crippen molar-refractivity contribution in [1.29, 1.82) is 0 Å². The molecule has 2 aromatic heterocycles. The third-order valence-electron chi connectivity index (χ3n) is 3.08. The van der Waals surface area contributed by atoms with E-state index >= 15 is 0 Å². The topological polar surface area (TPSA) is 92.9 Å². The molecular weight excluding hydrogens is 296 g/mol. The van der Waals surface area contributed by atoms with Crippen molar-refractivity contribution in [2.75, 3.05) is 19.7 Å². The predicted octanol–water partition coefficient (Wildman–Crippen LogP) is 1.33. The number of aliphatic carboxylic acids is 1. The number of amides is 1. The summed E-state index contributed by atoms with van der Waals surface area (Å²) in [5.74, 6) is -0.759. The lowest BCUT2D eigenvalue weighted by Crippen LogP contribution is -2.48. The van der Waals surface area contributed by atoms with Gasteiger partial charge in [-0.25, -0.2) is 9.78 Å². The summed E-state index contributed by atoms with van der Waals surface area (Å²) in [4.78, 5) is 29.0. The van der Waals surface area contributed by atoms with Crippen molar-refractivity contribution in [2.45, 2.75) is 6.10 Å². The summed E-state index contributed by atoms with van der Waals surface area (Å²) in [7, 11) is 0. The Morgan fingerprint density at radius 3 is 3.05 bits per heavy atom. The van der Waals surface area contributed by atoms with Gasteiger partial charge in [0.25, 0.3) is 5.91 Å². The SMILES string of the molecule is O=C(O)[C@@H]1CN(C(=O)c2csc(-c3ccco3)n2)CCO1. The largest absolute Gasteiger partial charge is 0.479 e. The molecule has 1 amide bonds. The van der Waals surface area contributed by atoms with Gasteiger partial charge in [0.1, 0.15) is 5.69 Å². The van der Waals surface area contributed by atoms with E-state index in [0.717, 1.165) is 0 Å². The number of morpholine rings is 1. The van der Waals surface area contributed by atoms with Crippen molar-refractivity contribution in [2.24, 2.45) is 0 Å². The van der Waals surface area contributed by atoms with Crippen LogP contribution in [0.15, 0.2) is 28.2 Å². The van der Waals surface area contributed by atoms with E-state index in [-0.39, 0.29) is 24.8 Å². The number of thiazole rings is 1. The molecule has 1 N–H and O–H groups in total. The maximum Gasteiger partial charge on any atom is 0.334 e. The van der Waals surface area contributed by atoms with Crippen molar-refractivity contribution in [1.82, 2.24) is 9.88 Å². The Bertz CT molecular complexity index is 651. The van der Waals surface area contributed by atoms with Crippen molar-refractivity contribution in [3.8, 4) is 10.8 Å². The average molecular weight is 308 g/mol. The van der Waals surface area contributed by atoms with Crippen LogP contribution >= 0.6 is 11.3 Å². The van der Waals surface area contributed by atoms with Crippen molar-refractivity contribution < 1.29 is 23.8 Å². The normalized spacial score (nSPS) is 18.7. The monoisotopic (exact) mass is 308 g/mol. The van der Waals surface area contributed by atoms with Crippen molar-refractivity contribution >= 4 is 23.2 Å². The number of carboxylic acids is 1. The van der Waals surface area contributed by atoms with Crippen LogP contribution in [0.25, 0.3) is 10.8 Å². The van der Waals surface area contributed by atoms with Crippen LogP contribution in [-0.4, -0.2) is 52.7 Å². The number of furan rings is 1. The van der Waals surface area contributed by atoms with Crippen LogP contribution in [0.1, 0.15) is 10.5 Å². The molecule has 0 saturated carbocycles. The number of carboxylic acid groups (broad SMARTS) is 1. The highest BCUT2D eigenvalue weighted by Gasteiger charge is 2.30. The number of hydrogen-bond donors (Lipinski definition) is 1. The Kier molecular flexibility index (Phi) is 3.72. The van der Waals surface area contributed by atoms with Gasteiger partial charge in [0.05, 0.1) is 19.4 Å². The van der Waals surface area contributed by atoms with E-state index in [2.05, 4.69) is 4.98 Å². The minimum absolute atomic E-state index is 0.0295. The smallest absolute Gasteiger partial charge is 0.334 e. The molecular formula is C13H12N2O5S. The molecule has 0 bridgehead atoms. The number of ether oxygens (including phenoxy) is 1. The molecule has 7 nitrogen and oxygen atoms in total. The molecule has 3 heterocycles. The van der Waals surface area contributed by atoms with Crippen LogP contribution < -0.4 is 0 Å². The molecule has 0 spiro atoms. The number of aromatic nitrogens is 1. The Balaban J connectivity index is 1.74. The van der Waals surface area contributed by atoms with Crippen LogP contribution in [0.3, 0.4) is 0 Å². The zero-order valence-corrected chi connectivity index (χ0v) is 11.7. The maximum absolute atomic E-state index is 12.3. The summed E-state index contributed by atoms with van der Waals surface area (Å²) in [6.07, 6.45) is 0.559. The third-order valence-corrected chi connectivity index (χ3v) is 3.94. The lowest BCUT2D eigenvalue weighted by atomic mass is 10.2. The molecule has 21 heavy (non-hydrogen) atoms. The first kappa shape index (κ1) is 13.8. The molecule has 3 rings (SSSR count). The van der Waals surface area contributed by atoms with Gasteiger partial charge in [-0.05, 0) is 12.1 Å². The first-order valence-corrected chi connectivity index (χ1v) is 7.16. The van der Waals surface area contributed by atoms with Gasteiger partial charge in [-0.2, -0.15) is 0 Å². The predicted molar refractivity (Wildman–Crippen MR) is 73.1 cm³/mol. The van der Waals surface area contributed by atoms with Crippen molar-refractivity contribution in [3.63, 3.8) is 0 Å². The first-order chi connectivity index (χ1) is 10.1. The third kappa shape index (κ3) is 2.81. The summed E-state index contributed by atoms with van der Waals surface area (Å²) in [5, 5.41) is 11.2. The molecule has 1 fully saturated rings. The van der Waals surface area contributed by atoms with Gasteiger partial charge in [-0.15, -0.1) is 11.3 Å². The number of carbonyl (C=O) groups is 2. The zero-order chi connectivity index (χ0) is 14.8. The van der Waals surface area contributed by atoms with Gasteiger partial charge < -0.3 is 19.2 Å². The van der Waals surface area contributed by atoms with E-state index in [1.165, 1.54) is 22.5 Å². The average Bonchev–Trinajstić information content (AvgIpc) is 3.17. The highest BCUT2D eigenvalue weighted by molar-refractivity contribution is 7.13. The van der Waals surface area contributed by atoms with E-state index < -0.39 is 12.1 Å². The van der Waals surface area contributed by atoms with Gasteiger partial charge in [-0.3, -0.25) is 4.79 Å². The van der Waals surface area contributed by atoms with E-state index in [1.807, 2.05) is 0 Å². The summed E-state index contributed by atoms with van der Waals surface area (Å²) in [6.45, 7) is 0.593. The number of carbonyl (C=O) groups excluding carboxylic acids is 1. The molecule has 1 aliphatic rings. The molecule has 0 radical (unpaired) electrons. The van der Waals surface area contributed by atoms with Gasteiger partial charge in [0.2, 0.25) is 0 Å². The molecule has 1 saturated heterocycles.